The number of halogens is 1. The quantitative estimate of drug-likeness (QED) is 0.583. The van der Waals surface area contributed by atoms with Crippen LogP contribution in [-0.4, -0.2) is 46.3 Å². The minimum atomic E-state index is -0.228. The number of carbonyl (C=O) groups is 1. The Morgan fingerprint density at radius 2 is 2.08 bits per heavy atom. The van der Waals surface area contributed by atoms with E-state index < -0.39 is 0 Å². The number of piperidine rings is 1. The van der Waals surface area contributed by atoms with Crippen molar-refractivity contribution in [2.75, 3.05) is 25.4 Å². The minimum Gasteiger partial charge on any atom is -0.351 e. The fourth-order valence-corrected chi connectivity index (χ4v) is 3.57. The number of benzene rings is 1. The number of nitrogens with one attached hydrogen (secondary N) is 2. The second-order valence-electron chi connectivity index (χ2n) is 5.98. The second-order valence-corrected chi connectivity index (χ2v) is 7.15. The van der Waals surface area contributed by atoms with Crippen LogP contribution in [0.1, 0.15) is 35.8 Å². The number of rotatable bonds is 7. The van der Waals surface area contributed by atoms with Gasteiger partial charge in [0.25, 0.3) is 5.91 Å². The molecule has 0 atom stereocenters. The summed E-state index contributed by atoms with van der Waals surface area (Å²) in [6.45, 7) is 2.52. The highest BCUT2D eigenvalue weighted by atomic mass is 32.2. The van der Waals surface area contributed by atoms with Gasteiger partial charge in [0.15, 0.2) is 5.69 Å². The summed E-state index contributed by atoms with van der Waals surface area (Å²) in [5.41, 5.74) is 0.365. The molecular weight excluding hydrogens is 341 g/mol. The van der Waals surface area contributed by atoms with Crippen LogP contribution in [0.3, 0.4) is 0 Å². The zero-order valence-corrected chi connectivity index (χ0v) is 14.8. The zero-order valence-electron chi connectivity index (χ0n) is 13.9. The van der Waals surface area contributed by atoms with Crippen molar-refractivity contribution < 1.29 is 9.18 Å². The number of amides is 1. The molecule has 0 aliphatic carbocycles. The van der Waals surface area contributed by atoms with Crippen molar-refractivity contribution in [3.63, 3.8) is 0 Å². The van der Waals surface area contributed by atoms with Crippen LogP contribution in [0.2, 0.25) is 0 Å². The summed E-state index contributed by atoms with van der Waals surface area (Å²) in [5.74, 6) is 0.439. The van der Waals surface area contributed by atoms with Crippen LogP contribution in [0.15, 0.2) is 35.4 Å². The monoisotopic (exact) mass is 363 g/mol. The van der Waals surface area contributed by atoms with E-state index in [1.165, 1.54) is 12.1 Å². The summed E-state index contributed by atoms with van der Waals surface area (Å²) in [7, 11) is 0. The lowest BCUT2D eigenvalue weighted by molar-refractivity contribution is 0.0948. The van der Waals surface area contributed by atoms with Gasteiger partial charge in [-0.1, -0.05) is 5.21 Å². The summed E-state index contributed by atoms with van der Waals surface area (Å²) >= 11 is 1.64. The van der Waals surface area contributed by atoms with Crippen molar-refractivity contribution in [2.24, 2.45) is 0 Å². The SMILES string of the molecule is O=C(NCCCSc1ccc(F)cc1)c1cn(C2CCNCC2)nn1. The molecule has 3 rings (SSSR count). The van der Waals surface area contributed by atoms with Crippen LogP contribution in [0, 0.1) is 5.82 Å². The van der Waals surface area contributed by atoms with Gasteiger partial charge >= 0.3 is 0 Å². The zero-order chi connectivity index (χ0) is 17.5. The number of carbonyl (C=O) groups excluding carboxylic acids is 1. The van der Waals surface area contributed by atoms with Crippen molar-refractivity contribution in [3.8, 4) is 0 Å². The number of aromatic nitrogens is 3. The van der Waals surface area contributed by atoms with Crippen molar-refractivity contribution >= 4 is 17.7 Å². The lowest BCUT2D eigenvalue weighted by Gasteiger charge is -2.22. The van der Waals surface area contributed by atoms with E-state index in [0.717, 1.165) is 43.0 Å². The van der Waals surface area contributed by atoms with Crippen LogP contribution in [-0.2, 0) is 0 Å². The summed E-state index contributed by atoms with van der Waals surface area (Å²) in [5, 5.41) is 14.3. The van der Waals surface area contributed by atoms with Gasteiger partial charge in [-0.2, -0.15) is 0 Å². The van der Waals surface area contributed by atoms with Crippen molar-refractivity contribution in [3.05, 3.63) is 42.0 Å². The van der Waals surface area contributed by atoms with Crippen molar-refractivity contribution in [2.45, 2.75) is 30.2 Å². The Bertz CT molecular complexity index is 685. The smallest absolute Gasteiger partial charge is 0.273 e. The third-order valence-corrected chi connectivity index (χ3v) is 5.21. The maximum Gasteiger partial charge on any atom is 0.273 e. The number of hydrogen-bond donors (Lipinski definition) is 2. The van der Waals surface area contributed by atoms with E-state index >= 15 is 0 Å². The summed E-state index contributed by atoms with van der Waals surface area (Å²) in [4.78, 5) is 13.1. The van der Waals surface area contributed by atoms with Gasteiger partial charge in [0.2, 0.25) is 0 Å². The molecule has 25 heavy (non-hydrogen) atoms. The van der Waals surface area contributed by atoms with Gasteiger partial charge in [0, 0.05) is 11.4 Å². The molecule has 1 aliphatic heterocycles. The maximum atomic E-state index is 12.8. The summed E-state index contributed by atoms with van der Waals surface area (Å²) in [6.07, 6.45) is 4.57. The number of thioether (sulfide) groups is 1. The van der Waals surface area contributed by atoms with Gasteiger partial charge in [0.1, 0.15) is 5.82 Å². The first kappa shape index (κ1) is 17.9. The van der Waals surface area contributed by atoms with Gasteiger partial charge in [-0.05, 0) is 62.4 Å². The Hall–Kier alpha value is -1.93. The van der Waals surface area contributed by atoms with Crippen LogP contribution in [0.25, 0.3) is 0 Å². The minimum absolute atomic E-state index is 0.188. The van der Waals surface area contributed by atoms with E-state index in [4.69, 9.17) is 0 Å². The molecule has 8 heteroatoms. The summed E-state index contributed by atoms with van der Waals surface area (Å²) in [6, 6.07) is 6.75. The van der Waals surface area contributed by atoms with Gasteiger partial charge < -0.3 is 10.6 Å². The molecule has 0 spiro atoms. The molecule has 0 radical (unpaired) electrons. The highest BCUT2D eigenvalue weighted by molar-refractivity contribution is 7.99. The largest absolute Gasteiger partial charge is 0.351 e. The van der Waals surface area contributed by atoms with E-state index in [0.29, 0.717) is 18.3 Å². The van der Waals surface area contributed by atoms with Crippen molar-refractivity contribution in [1.29, 1.82) is 0 Å². The van der Waals surface area contributed by atoms with Crippen LogP contribution in [0.5, 0.6) is 0 Å². The van der Waals surface area contributed by atoms with Gasteiger partial charge in [-0.3, -0.25) is 4.79 Å². The average molecular weight is 363 g/mol. The van der Waals surface area contributed by atoms with Gasteiger partial charge in [-0.25, -0.2) is 9.07 Å². The Balaban J connectivity index is 1.37. The molecule has 1 aromatic carbocycles. The lowest BCUT2D eigenvalue weighted by atomic mass is 10.1. The van der Waals surface area contributed by atoms with E-state index in [9.17, 15) is 9.18 Å². The normalized spacial score (nSPS) is 15.2. The van der Waals surface area contributed by atoms with Gasteiger partial charge in [-0.15, -0.1) is 16.9 Å². The topological polar surface area (TPSA) is 71.8 Å². The van der Waals surface area contributed by atoms with Gasteiger partial charge in [0.05, 0.1) is 12.2 Å². The summed E-state index contributed by atoms with van der Waals surface area (Å²) < 4.78 is 14.6. The third kappa shape index (κ3) is 5.27. The highest BCUT2D eigenvalue weighted by Gasteiger charge is 2.18. The Kier molecular flexibility index (Phi) is 6.41. The standard InChI is InChI=1S/C17H22FN5OS/c18-13-2-4-15(5-3-13)25-11-1-8-20-17(24)16-12-23(22-21-16)14-6-9-19-10-7-14/h2-5,12,14,19H,1,6-11H2,(H,20,24). The van der Waals surface area contributed by atoms with Crippen LogP contribution < -0.4 is 10.6 Å². The average Bonchev–Trinajstić information content (AvgIpc) is 3.14. The predicted molar refractivity (Wildman–Crippen MR) is 95.2 cm³/mol. The molecule has 1 aliphatic rings. The fraction of sp³-hybridized carbons (Fsp3) is 0.471. The molecule has 1 saturated heterocycles. The Morgan fingerprint density at radius 1 is 1.32 bits per heavy atom. The molecule has 6 nitrogen and oxygen atoms in total. The van der Waals surface area contributed by atoms with Crippen molar-refractivity contribution in [1.82, 2.24) is 25.6 Å². The first-order chi connectivity index (χ1) is 12.2. The van der Waals surface area contributed by atoms with E-state index in [1.807, 2.05) is 0 Å². The predicted octanol–water partition coefficient (Wildman–Crippen LogP) is 2.25. The molecule has 2 aromatic rings. The van der Waals surface area contributed by atoms with Crippen LogP contribution >= 0.6 is 11.8 Å². The van der Waals surface area contributed by atoms with Crippen LogP contribution in [0.4, 0.5) is 4.39 Å². The Labute approximate surface area is 150 Å². The molecule has 134 valence electrons. The van der Waals surface area contributed by atoms with E-state index in [1.54, 1.807) is 34.8 Å². The molecule has 1 aromatic heterocycles. The van der Waals surface area contributed by atoms with E-state index in [-0.39, 0.29) is 11.7 Å². The molecule has 1 amide bonds. The molecule has 0 saturated carbocycles. The molecular formula is C17H22FN5OS. The lowest BCUT2D eigenvalue weighted by Crippen LogP contribution is -2.29. The first-order valence-corrected chi connectivity index (χ1v) is 9.50. The highest BCUT2D eigenvalue weighted by Crippen LogP contribution is 2.19. The molecule has 0 bridgehead atoms. The Morgan fingerprint density at radius 3 is 2.84 bits per heavy atom. The molecule has 0 unspecified atom stereocenters. The molecule has 2 N–H and O–H groups in total. The number of hydrogen-bond acceptors (Lipinski definition) is 5. The second kappa shape index (κ2) is 8.96. The van der Waals surface area contributed by atoms with E-state index in [2.05, 4.69) is 20.9 Å². The number of nitrogens with zero attached hydrogens (tertiary/aromatic N) is 3. The molecule has 2 heterocycles. The maximum absolute atomic E-state index is 12.8. The fourth-order valence-electron chi connectivity index (χ4n) is 2.72. The first-order valence-electron chi connectivity index (χ1n) is 8.51. The third-order valence-electron chi connectivity index (χ3n) is 4.11. The molecule has 1 fully saturated rings.